The number of furan rings is 1. The normalized spacial score (nSPS) is 10.6. The smallest absolute Gasteiger partial charge is 0.291 e. The summed E-state index contributed by atoms with van der Waals surface area (Å²) in [4.78, 5) is 23.5. The fraction of sp³-hybridized carbons (Fsp3) is 0.0800. The third kappa shape index (κ3) is 6.40. The van der Waals surface area contributed by atoms with Crippen LogP contribution in [0.15, 0.2) is 81.7 Å². The Morgan fingerprint density at radius 3 is 2.66 bits per heavy atom. The number of halogens is 2. The van der Waals surface area contributed by atoms with Crippen molar-refractivity contribution in [3.05, 3.63) is 109 Å². The number of anilines is 1. The van der Waals surface area contributed by atoms with E-state index in [9.17, 15) is 14.9 Å². The SMILES string of the molecule is Cc1cccc(Oc2cc(NC(=O)c3ccc(COc4ccc(Br)cc4Cl)o3)cc([N+](=O)[O-])c2)c1. The average Bonchev–Trinajstić information content (AvgIpc) is 3.27. The largest absolute Gasteiger partial charge is 0.484 e. The first-order valence-corrected chi connectivity index (χ1v) is 11.5. The van der Waals surface area contributed by atoms with Crippen molar-refractivity contribution in [3.63, 3.8) is 0 Å². The van der Waals surface area contributed by atoms with Gasteiger partial charge in [-0.05, 0) is 55.0 Å². The second kappa shape index (κ2) is 10.6. The van der Waals surface area contributed by atoms with Gasteiger partial charge in [0, 0.05) is 16.6 Å². The maximum Gasteiger partial charge on any atom is 0.291 e. The Kier molecular flexibility index (Phi) is 7.38. The molecule has 0 saturated carbocycles. The Hall–Kier alpha value is -3.82. The third-order valence-corrected chi connectivity index (χ3v) is 5.52. The monoisotopic (exact) mass is 556 g/mol. The number of nitro groups is 1. The van der Waals surface area contributed by atoms with E-state index in [0.717, 1.165) is 10.0 Å². The van der Waals surface area contributed by atoms with E-state index >= 15 is 0 Å². The van der Waals surface area contributed by atoms with Crippen LogP contribution < -0.4 is 14.8 Å². The van der Waals surface area contributed by atoms with Crippen molar-refractivity contribution < 1.29 is 23.6 Å². The highest BCUT2D eigenvalue weighted by Gasteiger charge is 2.17. The third-order valence-electron chi connectivity index (χ3n) is 4.73. The van der Waals surface area contributed by atoms with Crippen LogP contribution in [-0.2, 0) is 6.61 Å². The van der Waals surface area contributed by atoms with E-state index in [1.807, 2.05) is 19.1 Å². The van der Waals surface area contributed by atoms with E-state index in [1.54, 1.807) is 36.4 Å². The molecule has 4 rings (SSSR count). The molecule has 3 aromatic carbocycles. The minimum absolute atomic E-state index is 0.0122. The van der Waals surface area contributed by atoms with Crippen LogP contribution >= 0.6 is 27.5 Å². The summed E-state index contributed by atoms with van der Waals surface area (Å²) in [6.07, 6.45) is 0. The first-order chi connectivity index (χ1) is 16.8. The zero-order valence-electron chi connectivity index (χ0n) is 18.3. The van der Waals surface area contributed by atoms with Crippen LogP contribution in [0.5, 0.6) is 17.2 Å². The number of amides is 1. The first-order valence-electron chi connectivity index (χ1n) is 10.3. The van der Waals surface area contributed by atoms with Crippen molar-refractivity contribution in [2.45, 2.75) is 13.5 Å². The number of hydrogen-bond donors (Lipinski definition) is 1. The van der Waals surface area contributed by atoms with Gasteiger partial charge in [-0.1, -0.05) is 39.7 Å². The van der Waals surface area contributed by atoms with Crippen LogP contribution in [0.25, 0.3) is 0 Å². The van der Waals surface area contributed by atoms with Gasteiger partial charge < -0.3 is 19.2 Å². The minimum Gasteiger partial charge on any atom is -0.484 e. The van der Waals surface area contributed by atoms with Crippen LogP contribution in [0.2, 0.25) is 5.02 Å². The predicted molar refractivity (Wildman–Crippen MR) is 134 cm³/mol. The van der Waals surface area contributed by atoms with Crippen molar-refractivity contribution in [2.24, 2.45) is 0 Å². The lowest BCUT2D eigenvalue weighted by molar-refractivity contribution is -0.384. The molecule has 1 aromatic heterocycles. The average molecular weight is 558 g/mol. The number of nitro benzene ring substituents is 1. The van der Waals surface area contributed by atoms with Crippen molar-refractivity contribution in [3.8, 4) is 17.2 Å². The highest BCUT2D eigenvalue weighted by Crippen LogP contribution is 2.31. The lowest BCUT2D eigenvalue weighted by Crippen LogP contribution is -2.11. The van der Waals surface area contributed by atoms with Crippen LogP contribution in [0.4, 0.5) is 11.4 Å². The maximum atomic E-state index is 12.7. The van der Waals surface area contributed by atoms with Crippen LogP contribution in [0.1, 0.15) is 21.9 Å². The van der Waals surface area contributed by atoms with Gasteiger partial charge in [-0.2, -0.15) is 0 Å². The van der Waals surface area contributed by atoms with Crippen LogP contribution in [0, 0.1) is 17.0 Å². The molecule has 10 heteroatoms. The molecule has 8 nitrogen and oxygen atoms in total. The molecule has 178 valence electrons. The van der Waals surface area contributed by atoms with E-state index in [1.165, 1.54) is 24.3 Å². The quantitative estimate of drug-likeness (QED) is 0.177. The van der Waals surface area contributed by atoms with Crippen LogP contribution in [-0.4, -0.2) is 10.8 Å². The molecule has 0 bridgehead atoms. The number of aryl methyl sites for hydroxylation is 1. The van der Waals surface area contributed by atoms with E-state index in [-0.39, 0.29) is 29.5 Å². The molecule has 0 fully saturated rings. The number of nitrogens with zero attached hydrogens (tertiary/aromatic N) is 1. The number of nitrogens with one attached hydrogen (secondary N) is 1. The van der Waals surface area contributed by atoms with Gasteiger partial charge in [0.05, 0.1) is 21.7 Å². The molecule has 1 N–H and O–H groups in total. The molecule has 0 unspecified atom stereocenters. The first kappa shape index (κ1) is 24.3. The molecule has 1 heterocycles. The molecule has 0 aliphatic carbocycles. The number of carbonyl (C=O) groups is 1. The molecular weight excluding hydrogens is 540 g/mol. The summed E-state index contributed by atoms with van der Waals surface area (Å²) in [5, 5.41) is 14.4. The molecule has 35 heavy (non-hydrogen) atoms. The van der Waals surface area contributed by atoms with Crippen molar-refractivity contribution in [1.82, 2.24) is 0 Å². The zero-order chi connectivity index (χ0) is 24.9. The molecule has 0 saturated heterocycles. The van der Waals surface area contributed by atoms with E-state index in [2.05, 4.69) is 21.2 Å². The number of ether oxygens (including phenoxy) is 2. The molecule has 1 amide bonds. The van der Waals surface area contributed by atoms with Gasteiger partial charge in [0.25, 0.3) is 11.6 Å². The second-order valence-corrected chi connectivity index (χ2v) is 8.80. The van der Waals surface area contributed by atoms with Gasteiger partial charge in [-0.15, -0.1) is 0 Å². The highest BCUT2D eigenvalue weighted by atomic mass is 79.9. The van der Waals surface area contributed by atoms with E-state index in [0.29, 0.717) is 22.3 Å². The Bertz CT molecular complexity index is 1400. The van der Waals surface area contributed by atoms with Crippen molar-refractivity contribution >= 4 is 44.8 Å². The molecule has 0 atom stereocenters. The van der Waals surface area contributed by atoms with E-state index in [4.69, 9.17) is 25.5 Å². The number of carbonyl (C=O) groups excluding carboxylic acids is 1. The molecule has 0 radical (unpaired) electrons. The fourth-order valence-corrected chi connectivity index (χ4v) is 3.87. The Balaban J connectivity index is 1.46. The summed E-state index contributed by atoms with van der Waals surface area (Å²) >= 11 is 9.47. The Morgan fingerprint density at radius 2 is 1.91 bits per heavy atom. The predicted octanol–water partition coefficient (Wildman–Crippen LogP) is 7.54. The number of hydrogen-bond acceptors (Lipinski definition) is 6. The van der Waals surface area contributed by atoms with Gasteiger partial charge in [0.15, 0.2) is 5.76 Å². The summed E-state index contributed by atoms with van der Waals surface area (Å²) < 4.78 is 17.8. The topological polar surface area (TPSA) is 104 Å². The highest BCUT2D eigenvalue weighted by molar-refractivity contribution is 9.10. The zero-order valence-corrected chi connectivity index (χ0v) is 20.6. The molecule has 0 spiro atoms. The minimum atomic E-state index is -0.583. The summed E-state index contributed by atoms with van der Waals surface area (Å²) in [5.41, 5.74) is 0.925. The molecular formula is C25H18BrClN2O6. The Labute approximate surface area is 213 Å². The molecule has 4 aromatic rings. The number of non-ortho nitro benzene ring substituents is 1. The maximum absolute atomic E-state index is 12.7. The lowest BCUT2D eigenvalue weighted by Gasteiger charge is -2.09. The lowest BCUT2D eigenvalue weighted by atomic mass is 10.2. The van der Waals surface area contributed by atoms with Gasteiger partial charge >= 0.3 is 0 Å². The van der Waals surface area contributed by atoms with Crippen molar-refractivity contribution in [2.75, 3.05) is 5.32 Å². The molecule has 0 aliphatic rings. The van der Waals surface area contributed by atoms with Crippen molar-refractivity contribution in [1.29, 1.82) is 0 Å². The van der Waals surface area contributed by atoms with Gasteiger partial charge in [0.1, 0.15) is 29.6 Å². The Morgan fingerprint density at radius 1 is 1.09 bits per heavy atom. The number of rotatable bonds is 8. The standard InChI is InChI=1S/C25H18BrClN2O6/c1-15-3-2-4-19(9-15)34-21-12-17(11-18(13-21)29(31)32)28-25(30)24-8-6-20(35-24)14-33-23-7-5-16(26)10-22(23)27/h2-13H,14H2,1H3,(H,28,30). The second-order valence-electron chi connectivity index (χ2n) is 7.47. The van der Waals surface area contributed by atoms with Crippen LogP contribution in [0.3, 0.4) is 0 Å². The van der Waals surface area contributed by atoms with Gasteiger partial charge in [0.2, 0.25) is 0 Å². The summed E-state index contributed by atoms with van der Waals surface area (Å²) in [6, 6.07) is 19.6. The summed E-state index contributed by atoms with van der Waals surface area (Å²) in [7, 11) is 0. The van der Waals surface area contributed by atoms with Gasteiger partial charge in [-0.25, -0.2) is 0 Å². The van der Waals surface area contributed by atoms with E-state index < -0.39 is 10.8 Å². The summed E-state index contributed by atoms with van der Waals surface area (Å²) in [6.45, 7) is 1.96. The van der Waals surface area contributed by atoms with Gasteiger partial charge in [-0.3, -0.25) is 14.9 Å². The number of benzene rings is 3. The fourth-order valence-electron chi connectivity index (χ4n) is 3.15. The summed E-state index contributed by atoms with van der Waals surface area (Å²) in [5.74, 6) is 1.02. The molecule has 0 aliphatic heterocycles.